The van der Waals surface area contributed by atoms with Crippen molar-refractivity contribution in [2.24, 2.45) is 0 Å². The number of aromatic hydroxyl groups is 1. The quantitative estimate of drug-likeness (QED) is 0.816. The van der Waals surface area contributed by atoms with Gasteiger partial charge >= 0.3 is 0 Å². The van der Waals surface area contributed by atoms with E-state index in [2.05, 4.69) is 4.90 Å². The summed E-state index contributed by atoms with van der Waals surface area (Å²) in [6, 6.07) is 1.50. The standard InChI is InChI=1S/C13H20N2O4/c1-18-5-4-15-10-13(17)12(16)8-11(15)9-14-2-6-19-7-3-14/h8,10,17H,2-7,9H2,1H3. The molecule has 0 aliphatic carbocycles. The van der Waals surface area contributed by atoms with Crippen LogP contribution in [0.15, 0.2) is 17.1 Å². The minimum atomic E-state index is -0.336. The lowest BCUT2D eigenvalue weighted by molar-refractivity contribution is 0.0329. The number of ether oxygens (including phenoxy) is 2. The van der Waals surface area contributed by atoms with E-state index in [1.165, 1.54) is 12.3 Å². The zero-order valence-corrected chi connectivity index (χ0v) is 11.2. The highest BCUT2D eigenvalue weighted by molar-refractivity contribution is 5.20. The Morgan fingerprint density at radius 2 is 2.16 bits per heavy atom. The molecular weight excluding hydrogens is 248 g/mol. The second-order valence-corrected chi connectivity index (χ2v) is 4.59. The second-order valence-electron chi connectivity index (χ2n) is 4.59. The van der Waals surface area contributed by atoms with Gasteiger partial charge in [-0.05, 0) is 0 Å². The van der Waals surface area contributed by atoms with Crippen LogP contribution >= 0.6 is 0 Å². The topological polar surface area (TPSA) is 63.9 Å². The van der Waals surface area contributed by atoms with Crippen molar-refractivity contribution >= 4 is 0 Å². The molecule has 6 nitrogen and oxygen atoms in total. The fraction of sp³-hybridized carbons (Fsp3) is 0.615. The van der Waals surface area contributed by atoms with E-state index in [1.807, 2.05) is 4.57 Å². The van der Waals surface area contributed by atoms with Crippen LogP contribution in [-0.2, 0) is 22.6 Å². The number of nitrogens with zero attached hydrogens (tertiary/aromatic N) is 2. The van der Waals surface area contributed by atoms with Gasteiger partial charge in [0.25, 0.3) is 0 Å². The molecule has 0 aromatic carbocycles. The summed E-state index contributed by atoms with van der Waals surface area (Å²) in [5.41, 5.74) is 0.554. The fourth-order valence-electron chi connectivity index (χ4n) is 2.12. The molecule has 19 heavy (non-hydrogen) atoms. The number of aromatic nitrogens is 1. The molecule has 0 bridgehead atoms. The third-order valence-corrected chi connectivity index (χ3v) is 3.22. The summed E-state index contributed by atoms with van der Waals surface area (Å²) >= 11 is 0. The molecule has 2 rings (SSSR count). The summed E-state index contributed by atoms with van der Waals surface area (Å²) in [7, 11) is 1.63. The van der Waals surface area contributed by atoms with Crippen LogP contribution < -0.4 is 5.43 Å². The predicted molar refractivity (Wildman–Crippen MR) is 70.3 cm³/mol. The third-order valence-electron chi connectivity index (χ3n) is 3.22. The number of rotatable bonds is 5. The van der Waals surface area contributed by atoms with Gasteiger partial charge in [-0.25, -0.2) is 0 Å². The van der Waals surface area contributed by atoms with Crippen molar-refractivity contribution in [1.82, 2.24) is 9.47 Å². The first-order valence-corrected chi connectivity index (χ1v) is 6.42. The summed E-state index contributed by atoms with van der Waals surface area (Å²) in [6.07, 6.45) is 1.48. The Morgan fingerprint density at radius 1 is 1.42 bits per heavy atom. The van der Waals surface area contributed by atoms with Crippen LogP contribution in [0, 0.1) is 0 Å². The van der Waals surface area contributed by atoms with Crippen molar-refractivity contribution in [2.75, 3.05) is 40.0 Å². The maximum Gasteiger partial charge on any atom is 0.223 e. The zero-order valence-electron chi connectivity index (χ0n) is 11.2. The highest BCUT2D eigenvalue weighted by Crippen LogP contribution is 2.09. The molecule has 0 unspecified atom stereocenters. The molecule has 1 fully saturated rings. The first kappa shape index (κ1) is 14.0. The van der Waals surface area contributed by atoms with Crippen molar-refractivity contribution in [3.05, 3.63) is 28.2 Å². The molecule has 0 amide bonds. The van der Waals surface area contributed by atoms with E-state index in [9.17, 15) is 9.90 Å². The summed E-state index contributed by atoms with van der Waals surface area (Å²) in [5, 5.41) is 9.52. The minimum Gasteiger partial charge on any atom is -0.503 e. The Labute approximate surface area is 112 Å². The van der Waals surface area contributed by atoms with E-state index in [0.717, 1.165) is 32.0 Å². The summed E-state index contributed by atoms with van der Waals surface area (Å²) in [6.45, 7) is 5.00. The van der Waals surface area contributed by atoms with E-state index < -0.39 is 0 Å². The minimum absolute atomic E-state index is 0.221. The predicted octanol–water partition coefficient (Wildman–Crippen LogP) is 0.0325. The van der Waals surface area contributed by atoms with Gasteiger partial charge < -0.3 is 19.1 Å². The van der Waals surface area contributed by atoms with E-state index in [0.29, 0.717) is 19.7 Å². The first-order valence-electron chi connectivity index (χ1n) is 6.42. The van der Waals surface area contributed by atoms with Crippen LogP contribution in [0.5, 0.6) is 5.75 Å². The number of morpholine rings is 1. The Bertz CT molecular complexity index is 466. The molecule has 0 spiro atoms. The summed E-state index contributed by atoms with van der Waals surface area (Å²) in [4.78, 5) is 13.8. The monoisotopic (exact) mass is 268 g/mol. The molecule has 1 saturated heterocycles. The van der Waals surface area contributed by atoms with E-state index in [-0.39, 0.29) is 11.2 Å². The van der Waals surface area contributed by atoms with Crippen LogP contribution in [0.1, 0.15) is 5.69 Å². The molecule has 1 N–H and O–H groups in total. The van der Waals surface area contributed by atoms with Gasteiger partial charge in [0.2, 0.25) is 5.43 Å². The molecule has 0 radical (unpaired) electrons. The van der Waals surface area contributed by atoms with Gasteiger partial charge in [0.15, 0.2) is 5.75 Å². The Kier molecular flexibility index (Phi) is 4.95. The van der Waals surface area contributed by atoms with Gasteiger partial charge in [-0.3, -0.25) is 9.69 Å². The van der Waals surface area contributed by atoms with Gasteiger partial charge in [-0.2, -0.15) is 0 Å². The van der Waals surface area contributed by atoms with Crippen LogP contribution in [-0.4, -0.2) is 54.6 Å². The number of hydrogen-bond donors (Lipinski definition) is 1. The normalized spacial score (nSPS) is 16.7. The van der Waals surface area contributed by atoms with Gasteiger partial charge in [-0.15, -0.1) is 0 Å². The Morgan fingerprint density at radius 3 is 2.84 bits per heavy atom. The molecule has 1 aromatic heterocycles. The lowest BCUT2D eigenvalue weighted by Gasteiger charge is -2.27. The molecule has 6 heteroatoms. The maximum absolute atomic E-state index is 11.6. The lowest BCUT2D eigenvalue weighted by Crippen LogP contribution is -2.36. The average molecular weight is 268 g/mol. The molecule has 106 valence electrons. The molecule has 1 aliphatic rings. The lowest BCUT2D eigenvalue weighted by atomic mass is 10.2. The van der Waals surface area contributed by atoms with E-state index >= 15 is 0 Å². The van der Waals surface area contributed by atoms with Gasteiger partial charge in [0.05, 0.1) is 26.0 Å². The summed E-state index contributed by atoms with van der Waals surface area (Å²) < 4.78 is 12.2. The largest absolute Gasteiger partial charge is 0.503 e. The maximum atomic E-state index is 11.6. The Hall–Kier alpha value is -1.37. The number of methoxy groups -OCH3 is 1. The highest BCUT2D eigenvalue weighted by Gasteiger charge is 2.13. The van der Waals surface area contributed by atoms with Gasteiger partial charge in [0.1, 0.15) is 0 Å². The molecule has 0 saturated carbocycles. The van der Waals surface area contributed by atoms with E-state index in [1.54, 1.807) is 7.11 Å². The number of pyridine rings is 1. The van der Waals surface area contributed by atoms with Crippen LogP contribution in [0.2, 0.25) is 0 Å². The molecule has 2 heterocycles. The first-order chi connectivity index (χ1) is 9.20. The molecular formula is C13H20N2O4. The fourth-order valence-corrected chi connectivity index (χ4v) is 2.12. The van der Waals surface area contributed by atoms with E-state index in [4.69, 9.17) is 9.47 Å². The van der Waals surface area contributed by atoms with Crippen LogP contribution in [0.25, 0.3) is 0 Å². The van der Waals surface area contributed by atoms with Crippen molar-refractivity contribution in [3.8, 4) is 5.75 Å². The van der Waals surface area contributed by atoms with Crippen LogP contribution in [0.3, 0.4) is 0 Å². The highest BCUT2D eigenvalue weighted by atomic mass is 16.5. The molecule has 0 atom stereocenters. The van der Waals surface area contributed by atoms with Crippen molar-refractivity contribution in [3.63, 3.8) is 0 Å². The molecule has 1 aliphatic heterocycles. The van der Waals surface area contributed by atoms with Crippen molar-refractivity contribution < 1.29 is 14.6 Å². The van der Waals surface area contributed by atoms with Crippen LogP contribution in [0.4, 0.5) is 0 Å². The van der Waals surface area contributed by atoms with Gasteiger partial charge in [0, 0.05) is 45.0 Å². The average Bonchev–Trinajstić information content (AvgIpc) is 2.42. The third kappa shape index (κ3) is 3.79. The second kappa shape index (κ2) is 6.70. The van der Waals surface area contributed by atoms with Crippen molar-refractivity contribution in [1.29, 1.82) is 0 Å². The summed E-state index contributed by atoms with van der Waals surface area (Å²) in [5.74, 6) is -0.221. The zero-order chi connectivity index (χ0) is 13.7. The molecule has 1 aromatic rings. The SMILES string of the molecule is COCCn1cc(O)c(=O)cc1CN1CCOCC1. The smallest absolute Gasteiger partial charge is 0.223 e. The van der Waals surface area contributed by atoms with Gasteiger partial charge in [-0.1, -0.05) is 0 Å². The number of hydrogen-bond acceptors (Lipinski definition) is 5. The van der Waals surface area contributed by atoms with Crippen molar-refractivity contribution in [2.45, 2.75) is 13.1 Å². The Balaban J connectivity index is 2.15.